The minimum Gasteiger partial charge on any atom is -0.491 e. The highest BCUT2D eigenvalue weighted by molar-refractivity contribution is 5.85. The molecule has 0 bridgehead atoms. The Morgan fingerprint density at radius 2 is 2.00 bits per heavy atom. The van der Waals surface area contributed by atoms with Crippen LogP contribution in [0.4, 0.5) is 0 Å². The number of hydrogen-bond acceptors (Lipinski definition) is 5. The number of rotatable bonds is 8. The molecule has 23 heavy (non-hydrogen) atoms. The predicted octanol–water partition coefficient (Wildman–Crippen LogP) is 0.782. The summed E-state index contributed by atoms with van der Waals surface area (Å²) in [5, 5.41) is 9.17. The smallest absolute Gasteiger partial charge is 0.326 e. The van der Waals surface area contributed by atoms with Crippen LogP contribution in [0.15, 0.2) is 30.3 Å². The molecule has 126 valence electrons. The van der Waals surface area contributed by atoms with E-state index in [0.29, 0.717) is 13.0 Å². The Labute approximate surface area is 134 Å². The zero-order valence-corrected chi connectivity index (χ0v) is 13.0. The van der Waals surface area contributed by atoms with Gasteiger partial charge in [-0.25, -0.2) is 4.79 Å². The molecule has 0 saturated carbocycles. The monoisotopic (exact) mass is 323 g/mol. The van der Waals surface area contributed by atoms with Crippen LogP contribution in [0, 0.1) is 0 Å². The van der Waals surface area contributed by atoms with Gasteiger partial charge in [0.05, 0.1) is 12.7 Å². The number of benzene rings is 1. The number of nitrogens with zero attached hydrogens (tertiary/aromatic N) is 1. The summed E-state index contributed by atoms with van der Waals surface area (Å²) in [6.07, 6.45) is 0.0516. The largest absolute Gasteiger partial charge is 0.491 e. The quantitative estimate of drug-likeness (QED) is 0.712. The lowest BCUT2D eigenvalue weighted by Crippen LogP contribution is -2.42. The van der Waals surface area contributed by atoms with Crippen molar-refractivity contribution in [1.82, 2.24) is 4.90 Å². The van der Waals surface area contributed by atoms with Gasteiger partial charge < -0.3 is 24.2 Å². The van der Waals surface area contributed by atoms with Crippen molar-refractivity contribution < 1.29 is 28.9 Å². The molecular formula is C16H21NO6. The number of hydrogen-bond donors (Lipinski definition) is 1. The van der Waals surface area contributed by atoms with Gasteiger partial charge in [0.2, 0.25) is 5.91 Å². The lowest BCUT2D eigenvalue weighted by molar-refractivity contribution is -0.150. The third-order valence-corrected chi connectivity index (χ3v) is 3.67. The molecule has 1 aromatic rings. The summed E-state index contributed by atoms with van der Waals surface area (Å²) in [6.45, 7) is 0.675. The molecule has 1 aliphatic rings. The molecule has 0 radical (unpaired) electrons. The fourth-order valence-corrected chi connectivity index (χ4v) is 2.46. The maximum atomic E-state index is 12.1. The number of para-hydroxylation sites is 1. The van der Waals surface area contributed by atoms with Crippen molar-refractivity contribution in [3.8, 4) is 5.75 Å². The molecule has 0 spiro atoms. The Hall–Kier alpha value is -2.12. The number of carboxylic acids is 1. The minimum atomic E-state index is -1.02. The van der Waals surface area contributed by atoms with E-state index in [1.165, 1.54) is 12.0 Å². The van der Waals surface area contributed by atoms with Crippen molar-refractivity contribution >= 4 is 11.9 Å². The number of ether oxygens (including phenoxy) is 3. The van der Waals surface area contributed by atoms with E-state index >= 15 is 0 Å². The lowest BCUT2D eigenvalue weighted by atomic mass is 10.2. The van der Waals surface area contributed by atoms with E-state index in [1.54, 1.807) is 0 Å². The summed E-state index contributed by atoms with van der Waals surface area (Å²) in [5.41, 5.74) is 0. The molecule has 1 aliphatic heterocycles. The van der Waals surface area contributed by atoms with Gasteiger partial charge in [0.1, 0.15) is 25.0 Å². The summed E-state index contributed by atoms with van der Waals surface area (Å²) < 4.78 is 15.9. The number of methoxy groups -OCH3 is 1. The van der Waals surface area contributed by atoms with E-state index in [0.717, 1.165) is 5.75 Å². The Morgan fingerprint density at radius 1 is 1.26 bits per heavy atom. The summed E-state index contributed by atoms with van der Waals surface area (Å²) in [6, 6.07) is 8.44. The number of aliphatic carboxylic acids is 1. The second kappa shape index (κ2) is 8.50. The van der Waals surface area contributed by atoms with Crippen LogP contribution < -0.4 is 4.74 Å². The van der Waals surface area contributed by atoms with Crippen molar-refractivity contribution in [2.24, 2.45) is 0 Å². The average Bonchev–Trinajstić information content (AvgIpc) is 3.00. The molecule has 2 atom stereocenters. The maximum Gasteiger partial charge on any atom is 0.326 e. The van der Waals surface area contributed by atoms with Gasteiger partial charge in [-0.3, -0.25) is 4.79 Å². The highest BCUT2D eigenvalue weighted by atomic mass is 16.5. The number of carbonyl (C=O) groups excluding carboxylic acids is 1. The van der Waals surface area contributed by atoms with Crippen LogP contribution in [0.1, 0.15) is 6.42 Å². The molecule has 7 nitrogen and oxygen atoms in total. The molecule has 1 aromatic carbocycles. The topological polar surface area (TPSA) is 85.3 Å². The fourth-order valence-electron chi connectivity index (χ4n) is 2.46. The fraction of sp³-hybridized carbons (Fsp3) is 0.500. The second-order valence-corrected chi connectivity index (χ2v) is 5.21. The van der Waals surface area contributed by atoms with Gasteiger partial charge >= 0.3 is 5.97 Å². The van der Waals surface area contributed by atoms with E-state index in [2.05, 4.69) is 0 Å². The highest BCUT2D eigenvalue weighted by Crippen LogP contribution is 2.20. The van der Waals surface area contributed by atoms with Crippen molar-refractivity contribution in [2.45, 2.75) is 18.6 Å². The molecule has 0 aromatic heterocycles. The van der Waals surface area contributed by atoms with Crippen LogP contribution in [0.25, 0.3) is 0 Å². The SMILES string of the molecule is COC1CC(C(=O)O)N(C(=O)COCCOc2ccccc2)C1. The summed E-state index contributed by atoms with van der Waals surface area (Å²) in [5.74, 6) is -0.641. The number of carboxylic acid groups (broad SMARTS) is 1. The summed E-state index contributed by atoms with van der Waals surface area (Å²) in [4.78, 5) is 24.6. The van der Waals surface area contributed by atoms with Gasteiger partial charge in [-0.2, -0.15) is 0 Å². The molecule has 2 rings (SSSR count). The van der Waals surface area contributed by atoms with Crippen LogP contribution in [-0.2, 0) is 19.1 Å². The Morgan fingerprint density at radius 3 is 2.65 bits per heavy atom. The van der Waals surface area contributed by atoms with Crippen LogP contribution in [0.5, 0.6) is 5.75 Å². The third-order valence-electron chi connectivity index (χ3n) is 3.67. The van der Waals surface area contributed by atoms with Crippen molar-refractivity contribution in [3.63, 3.8) is 0 Å². The van der Waals surface area contributed by atoms with Gasteiger partial charge in [0, 0.05) is 20.1 Å². The first-order valence-corrected chi connectivity index (χ1v) is 7.42. The predicted molar refractivity (Wildman–Crippen MR) is 81.3 cm³/mol. The van der Waals surface area contributed by atoms with E-state index in [4.69, 9.17) is 14.2 Å². The maximum absolute atomic E-state index is 12.1. The minimum absolute atomic E-state index is 0.168. The molecule has 7 heteroatoms. The standard InChI is InChI=1S/C16H21NO6/c1-21-13-9-14(16(19)20)17(10-13)15(18)11-22-7-8-23-12-5-3-2-4-6-12/h2-6,13-14H,7-11H2,1H3,(H,19,20). The molecule has 1 heterocycles. The first-order valence-electron chi connectivity index (χ1n) is 7.42. The van der Waals surface area contributed by atoms with Crippen LogP contribution in [-0.4, -0.2) is 67.5 Å². The molecule has 1 saturated heterocycles. The number of likely N-dealkylation sites (tertiary alicyclic amines) is 1. The lowest BCUT2D eigenvalue weighted by Gasteiger charge is -2.21. The van der Waals surface area contributed by atoms with E-state index in [-0.39, 0.29) is 31.8 Å². The molecular weight excluding hydrogens is 302 g/mol. The first-order chi connectivity index (χ1) is 11.1. The van der Waals surface area contributed by atoms with Gasteiger partial charge in [0.25, 0.3) is 0 Å². The van der Waals surface area contributed by atoms with E-state index < -0.39 is 12.0 Å². The molecule has 1 fully saturated rings. The Balaban J connectivity index is 1.70. The Kier molecular flexibility index (Phi) is 6.37. The molecule has 2 unspecified atom stereocenters. The van der Waals surface area contributed by atoms with Gasteiger partial charge in [-0.05, 0) is 12.1 Å². The molecule has 1 N–H and O–H groups in total. The summed E-state index contributed by atoms with van der Waals surface area (Å²) in [7, 11) is 1.51. The zero-order chi connectivity index (χ0) is 16.7. The molecule has 1 amide bonds. The van der Waals surface area contributed by atoms with Gasteiger partial charge in [-0.1, -0.05) is 18.2 Å². The van der Waals surface area contributed by atoms with E-state index in [1.807, 2.05) is 30.3 Å². The molecule has 0 aliphatic carbocycles. The van der Waals surface area contributed by atoms with Crippen LogP contribution in [0.2, 0.25) is 0 Å². The van der Waals surface area contributed by atoms with Crippen LogP contribution >= 0.6 is 0 Å². The first kappa shape index (κ1) is 17.2. The van der Waals surface area contributed by atoms with Crippen molar-refractivity contribution in [3.05, 3.63) is 30.3 Å². The van der Waals surface area contributed by atoms with Gasteiger partial charge in [0.15, 0.2) is 0 Å². The normalized spacial score (nSPS) is 20.5. The van der Waals surface area contributed by atoms with Crippen molar-refractivity contribution in [2.75, 3.05) is 33.5 Å². The third kappa shape index (κ3) is 4.94. The number of carbonyl (C=O) groups is 2. The van der Waals surface area contributed by atoms with E-state index in [9.17, 15) is 14.7 Å². The zero-order valence-electron chi connectivity index (χ0n) is 13.0. The second-order valence-electron chi connectivity index (χ2n) is 5.21. The Bertz CT molecular complexity index is 521. The summed E-state index contributed by atoms with van der Waals surface area (Å²) >= 11 is 0. The highest BCUT2D eigenvalue weighted by Gasteiger charge is 2.39. The number of amides is 1. The van der Waals surface area contributed by atoms with Gasteiger partial charge in [-0.15, -0.1) is 0 Å². The van der Waals surface area contributed by atoms with Crippen molar-refractivity contribution in [1.29, 1.82) is 0 Å². The van der Waals surface area contributed by atoms with Crippen LogP contribution in [0.3, 0.4) is 0 Å². The average molecular weight is 323 g/mol.